The number of halogens is 1. The monoisotopic (exact) mass is 302 g/mol. The molecule has 1 N–H and O–H groups in total. The van der Waals surface area contributed by atoms with Crippen molar-refractivity contribution in [3.63, 3.8) is 0 Å². The second-order valence-corrected chi connectivity index (χ2v) is 6.41. The van der Waals surface area contributed by atoms with E-state index in [1.165, 1.54) is 11.1 Å². The molecule has 3 nitrogen and oxygen atoms in total. The molecule has 0 spiro atoms. The summed E-state index contributed by atoms with van der Waals surface area (Å²) in [5.41, 5.74) is 4.06. The van der Waals surface area contributed by atoms with Crippen LogP contribution in [0.5, 0.6) is 0 Å². The molecule has 1 aliphatic carbocycles. The van der Waals surface area contributed by atoms with Gasteiger partial charge in [-0.05, 0) is 30.9 Å². The number of fused-ring (bicyclic) bond motifs is 1. The van der Waals surface area contributed by atoms with Crippen LogP contribution in [0.1, 0.15) is 20.3 Å². The highest BCUT2D eigenvalue weighted by atomic mass is 19.1. The summed E-state index contributed by atoms with van der Waals surface area (Å²) >= 11 is 0. The van der Waals surface area contributed by atoms with Crippen LogP contribution >= 0.6 is 0 Å². The van der Waals surface area contributed by atoms with Gasteiger partial charge in [-0.25, -0.2) is 0 Å². The molecule has 0 amide bonds. The van der Waals surface area contributed by atoms with Crippen molar-refractivity contribution < 1.29 is 9.50 Å². The van der Waals surface area contributed by atoms with E-state index in [0.717, 1.165) is 25.2 Å². The normalized spacial score (nSPS) is 26.5. The van der Waals surface area contributed by atoms with E-state index in [9.17, 15) is 9.50 Å². The van der Waals surface area contributed by atoms with Gasteiger partial charge in [0.1, 0.15) is 0 Å². The van der Waals surface area contributed by atoms with Crippen molar-refractivity contribution in [2.75, 3.05) is 26.2 Å². The summed E-state index contributed by atoms with van der Waals surface area (Å²) in [6.45, 7) is 11.1. The first-order valence-electron chi connectivity index (χ1n) is 7.82. The first-order valence-corrected chi connectivity index (χ1v) is 7.82. The SMILES string of the molecule is C=C1C=C2CN(CC3=C(C)C(C)CC=C3)CCN2C(F)=C1O. The summed E-state index contributed by atoms with van der Waals surface area (Å²) in [6.07, 6.45) is 7.36. The fourth-order valence-electron chi connectivity index (χ4n) is 3.25. The van der Waals surface area contributed by atoms with Crippen molar-refractivity contribution in [1.29, 1.82) is 0 Å². The molecule has 0 aromatic carbocycles. The van der Waals surface area contributed by atoms with Crippen LogP contribution in [0.2, 0.25) is 0 Å². The molecule has 1 unspecified atom stereocenters. The Balaban J connectivity index is 1.73. The molecule has 2 heterocycles. The van der Waals surface area contributed by atoms with Crippen molar-refractivity contribution in [1.82, 2.24) is 9.80 Å². The van der Waals surface area contributed by atoms with E-state index in [1.54, 1.807) is 11.0 Å². The first kappa shape index (κ1) is 15.1. The van der Waals surface area contributed by atoms with Gasteiger partial charge in [0, 0.05) is 37.4 Å². The summed E-state index contributed by atoms with van der Waals surface area (Å²) in [5.74, 6) is -0.296. The maximum atomic E-state index is 14.1. The van der Waals surface area contributed by atoms with E-state index in [-0.39, 0.29) is 5.76 Å². The standard InChI is InChI=1S/C18H23FN2O/c1-12-5-4-6-15(14(12)3)10-20-7-8-21-16(11-20)9-13(2)17(22)18(21)19/h4,6,9,12,22H,2,5,7-8,10-11H2,1,3H3. The Hall–Kier alpha value is -1.81. The molecule has 0 aromatic heterocycles. The third-order valence-corrected chi connectivity index (χ3v) is 4.90. The lowest BCUT2D eigenvalue weighted by molar-refractivity contribution is 0.174. The molecular formula is C18H23FN2O. The second-order valence-electron chi connectivity index (χ2n) is 6.41. The van der Waals surface area contributed by atoms with Crippen LogP contribution < -0.4 is 0 Å². The molecule has 3 rings (SSSR count). The number of hydrogen-bond acceptors (Lipinski definition) is 3. The van der Waals surface area contributed by atoms with Crippen LogP contribution in [0, 0.1) is 5.92 Å². The van der Waals surface area contributed by atoms with Gasteiger partial charge in [-0.2, -0.15) is 4.39 Å². The fraction of sp³-hybridized carbons (Fsp3) is 0.444. The number of rotatable bonds is 2. The smallest absolute Gasteiger partial charge is 0.236 e. The van der Waals surface area contributed by atoms with Crippen molar-refractivity contribution in [2.45, 2.75) is 20.3 Å². The van der Waals surface area contributed by atoms with E-state index >= 15 is 0 Å². The average molecular weight is 302 g/mol. The fourth-order valence-corrected chi connectivity index (χ4v) is 3.25. The Labute approximate surface area is 131 Å². The number of aliphatic hydroxyl groups excluding tert-OH is 1. The minimum atomic E-state index is -0.566. The topological polar surface area (TPSA) is 26.7 Å². The highest BCUT2D eigenvalue weighted by Crippen LogP contribution is 2.31. The molecule has 0 bridgehead atoms. The molecule has 2 aliphatic heterocycles. The Morgan fingerprint density at radius 3 is 2.95 bits per heavy atom. The number of allylic oxidation sites excluding steroid dienone is 3. The molecule has 0 radical (unpaired) electrons. The molecule has 118 valence electrons. The molecule has 4 heteroatoms. The molecule has 1 saturated heterocycles. The van der Waals surface area contributed by atoms with Gasteiger partial charge in [-0.15, -0.1) is 0 Å². The zero-order valence-corrected chi connectivity index (χ0v) is 13.3. The maximum absolute atomic E-state index is 14.1. The van der Waals surface area contributed by atoms with E-state index < -0.39 is 5.95 Å². The van der Waals surface area contributed by atoms with E-state index in [2.05, 4.69) is 37.5 Å². The molecule has 22 heavy (non-hydrogen) atoms. The van der Waals surface area contributed by atoms with Crippen LogP contribution in [-0.4, -0.2) is 41.1 Å². The Bertz CT molecular complexity index is 627. The minimum Gasteiger partial charge on any atom is -0.503 e. The van der Waals surface area contributed by atoms with Gasteiger partial charge in [0.25, 0.3) is 0 Å². The predicted molar refractivity (Wildman–Crippen MR) is 86.8 cm³/mol. The van der Waals surface area contributed by atoms with Crippen molar-refractivity contribution in [3.05, 3.63) is 58.9 Å². The molecule has 0 aromatic rings. The molecule has 1 fully saturated rings. The summed E-state index contributed by atoms with van der Waals surface area (Å²) in [7, 11) is 0. The second kappa shape index (κ2) is 5.76. The number of aliphatic hydroxyl groups is 1. The maximum Gasteiger partial charge on any atom is 0.236 e. The van der Waals surface area contributed by atoms with Crippen LogP contribution in [0.3, 0.4) is 0 Å². The predicted octanol–water partition coefficient (Wildman–Crippen LogP) is 3.67. The Kier molecular flexibility index (Phi) is 3.96. The van der Waals surface area contributed by atoms with E-state index in [1.807, 2.05) is 0 Å². The van der Waals surface area contributed by atoms with Crippen molar-refractivity contribution in [2.24, 2.45) is 5.92 Å². The largest absolute Gasteiger partial charge is 0.503 e. The summed E-state index contributed by atoms with van der Waals surface area (Å²) in [6, 6.07) is 0. The minimum absolute atomic E-state index is 0.334. The summed E-state index contributed by atoms with van der Waals surface area (Å²) in [4.78, 5) is 3.88. The third kappa shape index (κ3) is 2.63. The van der Waals surface area contributed by atoms with Crippen LogP contribution in [0.25, 0.3) is 0 Å². The average Bonchev–Trinajstić information content (AvgIpc) is 2.49. The van der Waals surface area contributed by atoms with Crippen LogP contribution in [-0.2, 0) is 0 Å². The quantitative estimate of drug-likeness (QED) is 0.789. The Morgan fingerprint density at radius 2 is 2.18 bits per heavy atom. The molecular weight excluding hydrogens is 279 g/mol. The van der Waals surface area contributed by atoms with Gasteiger partial charge in [0.15, 0.2) is 5.76 Å². The van der Waals surface area contributed by atoms with E-state index in [0.29, 0.717) is 24.6 Å². The highest BCUT2D eigenvalue weighted by Gasteiger charge is 2.30. The molecule has 0 saturated carbocycles. The lowest BCUT2D eigenvalue weighted by Gasteiger charge is -2.39. The third-order valence-electron chi connectivity index (χ3n) is 4.90. The van der Waals surface area contributed by atoms with Crippen LogP contribution in [0.15, 0.2) is 58.9 Å². The number of hydrogen-bond donors (Lipinski definition) is 1. The van der Waals surface area contributed by atoms with Crippen molar-refractivity contribution >= 4 is 0 Å². The van der Waals surface area contributed by atoms with Gasteiger partial charge < -0.3 is 10.0 Å². The van der Waals surface area contributed by atoms with E-state index in [4.69, 9.17) is 0 Å². The van der Waals surface area contributed by atoms with Gasteiger partial charge >= 0.3 is 0 Å². The zero-order chi connectivity index (χ0) is 15.9. The number of nitrogens with zero attached hydrogens (tertiary/aromatic N) is 2. The van der Waals surface area contributed by atoms with Crippen LogP contribution in [0.4, 0.5) is 4.39 Å². The summed E-state index contributed by atoms with van der Waals surface area (Å²) in [5, 5.41) is 9.66. The Morgan fingerprint density at radius 1 is 1.41 bits per heavy atom. The lowest BCUT2D eigenvalue weighted by atomic mass is 9.89. The number of piperazine rings is 1. The zero-order valence-electron chi connectivity index (χ0n) is 13.3. The summed E-state index contributed by atoms with van der Waals surface area (Å²) < 4.78 is 14.1. The first-order chi connectivity index (χ1) is 10.5. The highest BCUT2D eigenvalue weighted by molar-refractivity contribution is 5.42. The van der Waals surface area contributed by atoms with Crippen molar-refractivity contribution in [3.8, 4) is 0 Å². The lowest BCUT2D eigenvalue weighted by Crippen LogP contribution is -2.45. The van der Waals surface area contributed by atoms with Gasteiger partial charge in [0.05, 0.1) is 0 Å². The van der Waals surface area contributed by atoms with Gasteiger partial charge in [-0.1, -0.05) is 31.2 Å². The molecule has 3 aliphatic rings. The van der Waals surface area contributed by atoms with Gasteiger partial charge in [0.2, 0.25) is 5.95 Å². The molecule has 1 atom stereocenters. The van der Waals surface area contributed by atoms with Gasteiger partial charge in [-0.3, -0.25) is 4.90 Å².